The Bertz CT molecular complexity index is 1030. The fraction of sp³-hybridized carbons (Fsp3) is 0.659. The van der Waals surface area contributed by atoms with Crippen LogP contribution in [0.1, 0.15) is 138 Å². The third-order valence-electron chi connectivity index (χ3n) is 9.42. The fourth-order valence-electron chi connectivity index (χ4n) is 4.43. The average Bonchev–Trinajstić information content (AvgIpc) is 3.11. The molecule has 0 saturated carbocycles. The molecule has 262 valence electrons. The van der Waals surface area contributed by atoms with E-state index < -0.39 is 0 Å². The van der Waals surface area contributed by atoms with Crippen LogP contribution < -0.4 is 10.6 Å². The van der Waals surface area contributed by atoms with Crippen molar-refractivity contribution >= 4 is 11.8 Å². The Morgan fingerprint density at radius 3 is 1.50 bits per heavy atom. The van der Waals surface area contributed by atoms with E-state index in [-0.39, 0.29) is 29.7 Å². The predicted molar refractivity (Wildman–Crippen MR) is 200 cm³/mol. The number of nitrogens with one attached hydrogen (secondary N) is 2. The van der Waals surface area contributed by atoms with Gasteiger partial charge in [0.1, 0.15) is 0 Å². The highest BCUT2D eigenvalue weighted by molar-refractivity contribution is 5.79. The first-order chi connectivity index (χ1) is 21.9. The molecule has 0 spiro atoms. The van der Waals surface area contributed by atoms with Gasteiger partial charge in [-0.15, -0.1) is 0 Å². The van der Waals surface area contributed by atoms with Gasteiger partial charge in [-0.2, -0.15) is 0 Å². The summed E-state index contributed by atoms with van der Waals surface area (Å²) in [4.78, 5) is 26.0. The highest BCUT2D eigenvalue weighted by Crippen LogP contribution is 2.24. The van der Waals surface area contributed by atoms with Crippen LogP contribution >= 0.6 is 0 Å². The van der Waals surface area contributed by atoms with Crippen molar-refractivity contribution in [2.75, 3.05) is 19.6 Å². The van der Waals surface area contributed by atoms with E-state index in [1.165, 1.54) is 17.5 Å². The lowest BCUT2D eigenvalue weighted by atomic mass is 10.00. The lowest BCUT2D eigenvalue weighted by Crippen LogP contribution is -2.39. The van der Waals surface area contributed by atoms with Crippen LogP contribution in [0.15, 0.2) is 60.7 Å². The minimum Gasteiger partial charge on any atom is -0.356 e. The molecule has 5 nitrogen and oxygen atoms in total. The molecule has 0 saturated heterocycles. The molecular formula is C41H71N3O2. The number of rotatable bonds is 17. The van der Waals surface area contributed by atoms with Gasteiger partial charge >= 0.3 is 0 Å². The normalized spacial score (nSPS) is 15.3. The number of amides is 2. The van der Waals surface area contributed by atoms with E-state index in [4.69, 9.17) is 0 Å². The number of carbonyl (C=O) groups excluding carboxylic acids is 2. The molecule has 0 aliphatic rings. The van der Waals surface area contributed by atoms with Crippen molar-refractivity contribution in [1.29, 1.82) is 0 Å². The van der Waals surface area contributed by atoms with Crippen molar-refractivity contribution in [3.05, 3.63) is 71.8 Å². The summed E-state index contributed by atoms with van der Waals surface area (Å²) in [5.41, 5.74) is 2.59. The first-order valence-electron chi connectivity index (χ1n) is 18.3. The molecule has 0 bridgehead atoms. The quantitative estimate of drug-likeness (QED) is 0.181. The Kier molecular flexibility index (Phi) is 24.0. The van der Waals surface area contributed by atoms with E-state index in [1.54, 1.807) is 0 Å². The summed E-state index contributed by atoms with van der Waals surface area (Å²) in [6.07, 6.45) is 5.30. The Hall–Kier alpha value is -2.66. The zero-order valence-electron chi connectivity index (χ0n) is 31.7. The van der Waals surface area contributed by atoms with Crippen molar-refractivity contribution in [1.82, 2.24) is 15.5 Å². The van der Waals surface area contributed by atoms with Crippen molar-refractivity contribution in [2.24, 2.45) is 29.6 Å². The summed E-state index contributed by atoms with van der Waals surface area (Å²) < 4.78 is 0. The first kappa shape index (κ1) is 43.3. The molecule has 0 aliphatic carbocycles. The number of nitrogens with zero attached hydrogens (tertiary/aromatic N) is 1. The second kappa shape index (κ2) is 25.4. The van der Waals surface area contributed by atoms with Gasteiger partial charge in [0.2, 0.25) is 11.8 Å². The van der Waals surface area contributed by atoms with Crippen molar-refractivity contribution < 1.29 is 9.59 Å². The first-order valence-corrected chi connectivity index (χ1v) is 18.3. The van der Waals surface area contributed by atoms with Gasteiger partial charge in [0.25, 0.3) is 0 Å². The van der Waals surface area contributed by atoms with Gasteiger partial charge in [-0.3, -0.25) is 9.59 Å². The number of carbonyl (C=O) groups is 2. The average molecular weight is 638 g/mol. The third kappa shape index (κ3) is 17.9. The van der Waals surface area contributed by atoms with E-state index in [0.717, 1.165) is 51.2 Å². The standard InChI is InChI=1S/C18H29NO.C13H21N.C10H21NO/c1-6-14(3)13-19(18(20)15(4)7-2)16(5)17-11-9-8-10-12-17;1-4-11(2)10-14-12(3)13-8-6-5-7-9-13;1-5-8(3)7-11-10(12)9(4)6-2/h8-12,14-16H,6-7,13H2,1-5H3;5-9,11-12,14H,4,10H2,1-3H3;8-9H,5-7H2,1-4H3,(H,11,12)/t14-,15?,16+;11-,12+;8-,9?/m000/s1. The molecule has 7 atom stereocenters. The second-order valence-corrected chi connectivity index (χ2v) is 13.5. The third-order valence-corrected chi connectivity index (χ3v) is 9.42. The molecule has 0 aromatic heterocycles. The van der Waals surface area contributed by atoms with Gasteiger partial charge in [-0.05, 0) is 62.1 Å². The molecule has 5 heteroatoms. The Labute approximate surface area is 284 Å². The lowest BCUT2D eigenvalue weighted by Gasteiger charge is -2.33. The number of hydrogen-bond donors (Lipinski definition) is 2. The summed E-state index contributed by atoms with van der Waals surface area (Å²) in [7, 11) is 0. The monoisotopic (exact) mass is 638 g/mol. The van der Waals surface area contributed by atoms with Crippen LogP contribution in [0, 0.1) is 29.6 Å². The van der Waals surface area contributed by atoms with Crippen LogP contribution in [0.2, 0.25) is 0 Å². The number of benzene rings is 2. The smallest absolute Gasteiger partial charge is 0.225 e. The molecule has 2 unspecified atom stereocenters. The molecule has 0 fully saturated rings. The zero-order valence-corrected chi connectivity index (χ0v) is 31.7. The van der Waals surface area contributed by atoms with Gasteiger partial charge in [0, 0.05) is 31.0 Å². The highest BCUT2D eigenvalue weighted by Gasteiger charge is 2.26. The van der Waals surface area contributed by atoms with Crippen LogP contribution in [-0.2, 0) is 9.59 Å². The topological polar surface area (TPSA) is 61.4 Å². The summed E-state index contributed by atoms with van der Waals surface area (Å²) in [5.74, 6) is 2.63. The van der Waals surface area contributed by atoms with Gasteiger partial charge in [0.05, 0.1) is 6.04 Å². The van der Waals surface area contributed by atoms with Gasteiger partial charge in [-0.1, -0.05) is 149 Å². The van der Waals surface area contributed by atoms with E-state index in [0.29, 0.717) is 17.9 Å². The maximum absolute atomic E-state index is 12.7. The van der Waals surface area contributed by atoms with Crippen LogP contribution in [-0.4, -0.2) is 36.3 Å². The second-order valence-electron chi connectivity index (χ2n) is 13.5. The molecule has 2 rings (SSSR count). The number of hydrogen-bond acceptors (Lipinski definition) is 3. The largest absolute Gasteiger partial charge is 0.356 e. The molecule has 2 N–H and O–H groups in total. The molecule has 2 aromatic rings. The Morgan fingerprint density at radius 1 is 0.587 bits per heavy atom. The molecule has 0 radical (unpaired) electrons. The predicted octanol–water partition coefficient (Wildman–Crippen LogP) is 10.2. The molecule has 2 aromatic carbocycles. The van der Waals surface area contributed by atoms with E-state index in [1.807, 2.05) is 39.0 Å². The summed E-state index contributed by atoms with van der Waals surface area (Å²) in [6.45, 7) is 28.4. The van der Waals surface area contributed by atoms with Crippen LogP contribution in [0.25, 0.3) is 0 Å². The molecule has 0 aliphatic heterocycles. The minimum absolute atomic E-state index is 0.102. The maximum Gasteiger partial charge on any atom is 0.225 e. The van der Waals surface area contributed by atoms with Crippen LogP contribution in [0.4, 0.5) is 0 Å². The zero-order chi connectivity index (χ0) is 35.1. The maximum atomic E-state index is 12.7. The highest BCUT2D eigenvalue weighted by atomic mass is 16.2. The minimum atomic E-state index is 0.102. The summed E-state index contributed by atoms with van der Waals surface area (Å²) in [5, 5.41) is 6.49. The van der Waals surface area contributed by atoms with Gasteiger partial charge < -0.3 is 15.5 Å². The Morgan fingerprint density at radius 2 is 1.04 bits per heavy atom. The molecule has 0 heterocycles. The van der Waals surface area contributed by atoms with Crippen LogP contribution in [0.3, 0.4) is 0 Å². The van der Waals surface area contributed by atoms with Crippen molar-refractivity contribution in [2.45, 2.75) is 127 Å². The van der Waals surface area contributed by atoms with E-state index in [9.17, 15) is 9.59 Å². The fourth-order valence-corrected chi connectivity index (χ4v) is 4.43. The summed E-state index contributed by atoms with van der Waals surface area (Å²) in [6, 6.07) is 21.5. The van der Waals surface area contributed by atoms with Gasteiger partial charge in [-0.25, -0.2) is 0 Å². The molecule has 46 heavy (non-hydrogen) atoms. The SMILES string of the molecule is CCC(C)C(=O)N(C[C@@H](C)CC)[C@H](C)c1ccccc1.CCC(C)C(=O)NC[C@@H](C)CC.CC[C@H](C)CN[C@H](C)c1ccccc1. The molecular weight excluding hydrogens is 566 g/mol. The van der Waals surface area contributed by atoms with Crippen molar-refractivity contribution in [3.63, 3.8) is 0 Å². The van der Waals surface area contributed by atoms with E-state index in [2.05, 4.69) is 120 Å². The van der Waals surface area contributed by atoms with Crippen LogP contribution in [0.5, 0.6) is 0 Å². The van der Waals surface area contributed by atoms with Crippen molar-refractivity contribution in [3.8, 4) is 0 Å². The van der Waals surface area contributed by atoms with Gasteiger partial charge in [0.15, 0.2) is 0 Å². The van der Waals surface area contributed by atoms with E-state index >= 15 is 0 Å². The molecule has 2 amide bonds. The lowest BCUT2D eigenvalue weighted by molar-refractivity contribution is -0.138. The Balaban J connectivity index is 0.000000689. The summed E-state index contributed by atoms with van der Waals surface area (Å²) >= 11 is 0.